The van der Waals surface area contributed by atoms with E-state index in [1.165, 1.54) is 0 Å². The third-order valence-corrected chi connectivity index (χ3v) is 3.97. The lowest BCUT2D eigenvalue weighted by atomic mass is 9.76. The van der Waals surface area contributed by atoms with Crippen LogP contribution < -0.4 is 4.74 Å². The quantitative estimate of drug-likeness (QED) is 0.411. The largest absolute Gasteiger partial charge is 0.497 e. The first kappa shape index (κ1) is 16.9. The molecule has 5 heteroatoms. The van der Waals surface area contributed by atoms with Gasteiger partial charge in [0.05, 0.1) is 13.7 Å². The molecule has 0 saturated heterocycles. The molecule has 1 atom stereocenters. The standard InChI is InChI=1S/C18H21N3O2/c1-4-23-13-18(2,14-9-11-15(22-3)12-10-14)16-7-5-6-8-17(16)20-21-19/h5-12H,4,13H2,1-3H3. The van der Waals surface area contributed by atoms with Crippen LogP contribution in [0.5, 0.6) is 5.75 Å². The Morgan fingerprint density at radius 1 is 1.13 bits per heavy atom. The third kappa shape index (κ3) is 3.65. The van der Waals surface area contributed by atoms with Gasteiger partial charge in [-0.2, -0.15) is 0 Å². The second-order valence-electron chi connectivity index (χ2n) is 5.40. The summed E-state index contributed by atoms with van der Waals surface area (Å²) in [7, 11) is 1.64. The van der Waals surface area contributed by atoms with Crippen molar-refractivity contribution in [3.63, 3.8) is 0 Å². The van der Waals surface area contributed by atoms with Crippen molar-refractivity contribution >= 4 is 5.69 Å². The average molecular weight is 311 g/mol. The Morgan fingerprint density at radius 3 is 2.43 bits per heavy atom. The van der Waals surface area contributed by atoms with E-state index in [0.29, 0.717) is 18.9 Å². The van der Waals surface area contributed by atoms with Crippen LogP contribution in [0.4, 0.5) is 5.69 Å². The number of nitrogens with zero attached hydrogens (tertiary/aromatic N) is 3. The number of ether oxygens (including phenoxy) is 2. The Bertz CT molecular complexity index is 694. The van der Waals surface area contributed by atoms with E-state index in [9.17, 15) is 0 Å². The Labute approximate surface area is 136 Å². The monoisotopic (exact) mass is 311 g/mol. The number of rotatable bonds is 7. The smallest absolute Gasteiger partial charge is 0.118 e. The fourth-order valence-corrected chi connectivity index (χ4v) is 2.66. The number of hydrogen-bond donors (Lipinski definition) is 0. The second-order valence-corrected chi connectivity index (χ2v) is 5.40. The Hall–Kier alpha value is -2.49. The summed E-state index contributed by atoms with van der Waals surface area (Å²) in [5.41, 5.74) is 11.0. The molecular formula is C18H21N3O2. The lowest BCUT2D eigenvalue weighted by molar-refractivity contribution is 0.113. The molecule has 1 unspecified atom stereocenters. The van der Waals surface area contributed by atoms with E-state index < -0.39 is 5.41 Å². The summed E-state index contributed by atoms with van der Waals surface area (Å²) in [6.45, 7) is 5.17. The predicted molar refractivity (Wildman–Crippen MR) is 91.2 cm³/mol. The Morgan fingerprint density at radius 2 is 1.83 bits per heavy atom. The molecule has 0 aliphatic rings. The van der Waals surface area contributed by atoms with Crippen molar-refractivity contribution in [1.82, 2.24) is 0 Å². The van der Waals surface area contributed by atoms with Crippen LogP contribution in [0.25, 0.3) is 10.4 Å². The van der Waals surface area contributed by atoms with Crippen LogP contribution in [0.3, 0.4) is 0 Å². The van der Waals surface area contributed by atoms with Gasteiger partial charge in [0, 0.05) is 22.6 Å². The molecule has 0 N–H and O–H groups in total. The summed E-state index contributed by atoms with van der Waals surface area (Å²) >= 11 is 0. The van der Waals surface area contributed by atoms with Crippen LogP contribution in [-0.2, 0) is 10.2 Å². The molecule has 23 heavy (non-hydrogen) atoms. The fraction of sp³-hybridized carbons (Fsp3) is 0.333. The van der Waals surface area contributed by atoms with Gasteiger partial charge in [0.2, 0.25) is 0 Å². The van der Waals surface area contributed by atoms with Crippen LogP contribution in [-0.4, -0.2) is 20.3 Å². The lowest BCUT2D eigenvalue weighted by Gasteiger charge is -2.32. The number of hydrogen-bond acceptors (Lipinski definition) is 3. The van der Waals surface area contributed by atoms with Gasteiger partial charge in [0.1, 0.15) is 5.75 Å². The third-order valence-electron chi connectivity index (χ3n) is 3.97. The van der Waals surface area contributed by atoms with Crippen LogP contribution in [0.15, 0.2) is 53.6 Å². The molecule has 2 aromatic rings. The van der Waals surface area contributed by atoms with Gasteiger partial charge in [-0.25, -0.2) is 0 Å². The molecule has 0 saturated carbocycles. The van der Waals surface area contributed by atoms with Crippen molar-refractivity contribution in [1.29, 1.82) is 0 Å². The minimum Gasteiger partial charge on any atom is -0.497 e. The van der Waals surface area contributed by atoms with Crippen molar-refractivity contribution in [3.8, 4) is 5.75 Å². The maximum Gasteiger partial charge on any atom is 0.118 e. The van der Waals surface area contributed by atoms with Gasteiger partial charge in [-0.05, 0) is 42.6 Å². The lowest BCUT2D eigenvalue weighted by Crippen LogP contribution is -2.30. The SMILES string of the molecule is CCOCC(C)(c1ccc(OC)cc1)c1ccccc1N=[N+]=[N-]. The molecule has 0 fully saturated rings. The molecule has 5 nitrogen and oxygen atoms in total. The van der Waals surface area contributed by atoms with Gasteiger partial charge in [-0.1, -0.05) is 41.5 Å². The van der Waals surface area contributed by atoms with Gasteiger partial charge in [-0.3, -0.25) is 0 Å². The normalized spacial score (nSPS) is 13.0. The molecule has 120 valence electrons. The van der Waals surface area contributed by atoms with Gasteiger partial charge in [0.25, 0.3) is 0 Å². The maximum absolute atomic E-state index is 8.84. The van der Waals surface area contributed by atoms with Gasteiger partial charge in [0.15, 0.2) is 0 Å². The predicted octanol–water partition coefficient (Wildman–Crippen LogP) is 4.98. The first-order valence-electron chi connectivity index (χ1n) is 7.52. The van der Waals surface area contributed by atoms with Crippen LogP contribution in [0.1, 0.15) is 25.0 Å². The molecular weight excluding hydrogens is 290 g/mol. The topological polar surface area (TPSA) is 67.2 Å². The highest BCUT2D eigenvalue weighted by Crippen LogP contribution is 2.38. The molecule has 0 heterocycles. The van der Waals surface area contributed by atoms with Crippen LogP contribution >= 0.6 is 0 Å². The molecule has 0 aliphatic carbocycles. The van der Waals surface area contributed by atoms with E-state index in [0.717, 1.165) is 16.9 Å². The van der Waals surface area contributed by atoms with E-state index in [2.05, 4.69) is 16.9 Å². The van der Waals surface area contributed by atoms with Gasteiger partial charge >= 0.3 is 0 Å². The van der Waals surface area contributed by atoms with E-state index in [4.69, 9.17) is 15.0 Å². The number of azide groups is 1. The summed E-state index contributed by atoms with van der Waals surface area (Å²) in [5.74, 6) is 0.802. The van der Waals surface area contributed by atoms with Crippen molar-refractivity contribution in [2.45, 2.75) is 19.3 Å². The first-order valence-corrected chi connectivity index (χ1v) is 7.52. The van der Waals surface area contributed by atoms with Crippen LogP contribution in [0, 0.1) is 0 Å². The van der Waals surface area contributed by atoms with Gasteiger partial charge in [-0.15, -0.1) is 0 Å². The molecule has 0 aliphatic heterocycles. The van der Waals surface area contributed by atoms with Crippen molar-refractivity contribution < 1.29 is 9.47 Å². The zero-order valence-electron chi connectivity index (χ0n) is 13.7. The summed E-state index contributed by atoms with van der Waals surface area (Å²) in [6, 6.07) is 15.5. The van der Waals surface area contributed by atoms with Crippen LogP contribution in [0.2, 0.25) is 0 Å². The highest BCUT2D eigenvalue weighted by atomic mass is 16.5. The Balaban J connectivity index is 2.56. The second kappa shape index (κ2) is 7.68. The molecule has 0 aromatic heterocycles. The average Bonchev–Trinajstić information content (AvgIpc) is 2.60. The molecule has 0 spiro atoms. The highest BCUT2D eigenvalue weighted by Gasteiger charge is 2.31. The zero-order valence-corrected chi connectivity index (χ0v) is 13.7. The summed E-state index contributed by atoms with van der Waals surface area (Å²) in [4.78, 5) is 2.95. The van der Waals surface area contributed by atoms with E-state index in [1.807, 2.05) is 55.5 Å². The summed E-state index contributed by atoms with van der Waals surface area (Å²) < 4.78 is 11.0. The summed E-state index contributed by atoms with van der Waals surface area (Å²) in [6.07, 6.45) is 0. The van der Waals surface area contributed by atoms with Crippen molar-refractivity contribution in [2.75, 3.05) is 20.3 Å². The molecule has 2 rings (SSSR count). The minimum absolute atomic E-state index is 0.424. The zero-order chi connectivity index (χ0) is 16.7. The Kier molecular flexibility index (Phi) is 5.63. The van der Waals surface area contributed by atoms with E-state index in [1.54, 1.807) is 7.11 Å². The maximum atomic E-state index is 8.84. The minimum atomic E-state index is -0.424. The van der Waals surface area contributed by atoms with Crippen molar-refractivity contribution in [2.24, 2.45) is 5.11 Å². The van der Waals surface area contributed by atoms with E-state index >= 15 is 0 Å². The number of methoxy groups -OCH3 is 1. The molecule has 0 radical (unpaired) electrons. The van der Waals surface area contributed by atoms with E-state index in [-0.39, 0.29) is 0 Å². The number of benzene rings is 2. The molecule has 0 amide bonds. The highest BCUT2D eigenvalue weighted by molar-refractivity contribution is 5.54. The molecule has 2 aromatic carbocycles. The van der Waals surface area contributed by atoms with Gasteiger partial charge < -0.3 is 9.47 Å². The summed E-state index contributed by atoms with van der Waals surface area (Å²) in [5, 5.41) is 3.84. The first-order chi connectivity index (χ1) is 11.2. The fourth-order valence-electron chi connectivity index (χ4n) is 2.66. The van der Waals surface area contributed by atoms with Crippen molar-refractivity contribution in [3.05, 3.63) is 70.1 Å². The molecule has 0 bridgehead atoms.